The Kier molecular flexibility index (Phi) is 7.01. The second-order valence-corrected chi connectivity index (χ2v) is 7.67. The lowest BCUT2D eigenvalue weighted by atomic mass is 9.97. The molecule has 1 aliphatic rings. The number of para-hydroxylation sites is 2. The van der Waals surface area contributed by atoms with E-state index in [4.69, 9.17) is 20.5 Å². The molecular weight excluding hydrogens is 428 g/mol. The largest absolute Gasteiger partial charge is 0.478 e. The summed E-state index contributed by atoms with van der Waals surface area (Å²) in [5.41, 5.74) is 3.88. The van der Waals surface area contributed by atoms with E-state index in [2.05, 4.69) is 0 Å². The molecule has 0 atom stereocenters. The number of aliphatic imine (C=N–C) groups is 1. The van der Waals surface area contributed by atoms with Crippen LogP contribution < -0.4 is 15.5 Å². The number of aliphatic carboxylic acids is 1. The van der Waals surface area contributed by atoms with Gasteiger partial charge in [-0.3, -0.25) is 4.99 Å². The number of carbonyl (C=O) groups is 1. The predicted octanol–water partition coefficient (Wildman–Crippen LogP) is 5.92. The molecule has 0 fully saturated rings. The molecule has 6 nitrogen and oxygen atoms in total. The third-order valence-electron chi connectivity index (χ3n) is 5.25. The Morgan fingerprint density at radius 3 is 2.29 bits per heavy atom. The second kappa shape index (κ2) is 10.5. The molecule has 0 amide bonds. The van der Waals surface area contributed by atoms with Crippen molar-refractivity contribution in [1.82, 2.24) is 0 Å². The van der Waals surface area contributed by atoms with E-state index in [1.807, 2.05) is 78.9 Å². The lowest BCUT2D eigenvalue weighted by molar-refractivity contribution is -0.132. The molecule has 3 aromatic carbocycles. The molecule has 1 aliphatic heterocycles. The Morgan fingerprint density at radius 2 is 1.59 bits per heavy atom. The highest BCUT2D eigenvalue weighted by atomic mass is 16.6. The first-order chi connectivity index (χ1) is 16.5. The molecule has 34 heavy (non-hydrogen) atoms. The van der Waals surface area contributed by atoms with Crippen molar-refractivity contribution in [1.29, 1.82) is 0 Å². The van der Waals surface area contributed by atoms with Crippen LogP contribution in [0.3, 0.4) is 0 Å². The summed E-state index contributed by atoms with van der Waals surface area (Å²) in [4.78, 5) is 21.5. The summed E-state index contributed by atoms with van der Waals surface area (Å²) in [6.07, 6.45) is 5.53. The topological polar surface area (TPSA) is 94.1 Å². The summed E-state index contributed by atoms with van der Waals surface area (Å²) in [7, 11) is 0. The number of hydrogen-bond donors (Lipinski definition) is 2. The van der Waals surface area contributed by atoms with Gasteiger partial charge in [0.2, 0.25) is 0 Å². The van der Waals surface area contributed by atoms with Gasteiger partial charge in [-0.25, -0.2) is 4.79 Å². The third kappa shape index (κ3) is 5.49. The zero-order valence-corrected chi connectivity index (χ0v) is 18.6. The zero-order chi connectivity index (χ0) is 23.9. The number of ether oxygens (including phenoxy) is 1. The number of benzene rings is 3. The van der Waals surface area contributed by atoms with Crippen LogP contribution in [0.25, 0.3) is 5.57 Å². The molecule has 4 rings (SSSR count). The summed E-state index contributed by atoms with van der Waals surface area (Å²) >= 11 is 0. The highest BCUT2D eigenvalue weighted by Gasteiger charge is 2.14. The van der Waals surface area contributed by atoms with E-state index in [0.717, 1.165) is 22.4 Å². The summed E-state index contributed by atoms with van der Waals surface area (Å²) < 4.78 is 5.90. The van der Waals surface area contributed by atoms with Crippen molar-refractivity contribution in [3.63, 3.8) is 0 Å². The fourth-order valence-corrected chi connectivity index (χ4v) is 3.62. The highest BCUT2D eigenvalue weighted by molar-refractivity contribution is 6.13. The van der Waals surface area contributed by atoms with Gasteiger partial charge in [-0.15, -0.1) is 0 Å². The van der Waals surface area contributed by atoms with Gasteiger partial charge in [0.15, 0.2) is 5.75 Å². The molecule has 0 aromatic heterocycles. The molecule has 1 heterocycles. The molecule has 0 bridgehead atoms. The van der Waals surface area contributed by atoms with Crippen LogP contribution in [0.5, 0.6) is 17.2 Å². The number of rotatable bonds is 6. The van der Waals surface area contributed by atoms with Crippen molar-refractivity contribution in [3.05, 3.63) is 119 Å². The fourth-order valence-electron chi connectivity index (χ4n) is 3.62. The van der Waals surface area contributed by atoms with E-state index in [9.17, 15) is 9.90 Å². The molecule has 3 N–H and O–H groups in total. The first-order valence-electron chi connectivity index (χ1n) is 10.7. The number of nitrogens with two attached hydrogens (primary N) is 1. The van der Waals surface area contributed by atoms with E-state index in [1.165, 1.54) is 0 Å². The van der Waals surface area contributed by atoms with Gasteiger partial charge in [0.25, 0.3) is 0 Å². The van der Waals surface area contributed by atoms with Crippen LogP contribution in [-0.4, -0.2) is 16.8 Å². The Labute approximate surface area is 197 Å². The number of nitrogens with zero attached hydrogens (tertiary/aromatic N) is 1. The Balaban J connectivity index is 1.76. The summed E-state index contributed by atoms with van der Waals surface area (Å²) in [5, 5.41) is 9.62. The molecule has 0 spiro atoms. The van der Waals surface area contributed by atoms with Crippen LogP contribution in [0.4, 0.5) is 0 Å². The van der Waals surface area contributed by atoms with Gasteiger partial charge in [-0.2, -0.15) is 5.90 Å². The highest BCUT2D eigenvalue weighted by Crippen LogP contribution is 2.30. The van der Waals surface area contributed by atoms with Gasteiger partial charge < -0.3 is 14.7 Å². The minimum Gasteiger partial charge on any atom is -0.478 e. The maximum atomic E-state index is 11.7. The monoisotopic (exact) mass is 452 g/mol. The average molecular weight is 453 g/mol. The van der Waals surface area contributed by atoms with Gasteiger partial charge in [0, 0.05) is 16.8 Å². The van der Waals surface area contributed by atoms with Crippen LogP contribution in [0.15, 0.2) is 113 Å². The normalized spacial score (nSPS) is 18.4. The standard InChI is InChI=1S/C28H24N2O4/c1-19-17-22(28(31)32)12-11-21(25-9-5-6-10-27(25)34-29)18-26(30-19)20-13-15-24(16-14-20)33-23-7-3-2-4-8-23/h2-10,12-18H,11,29H2,1H3,(H,31,32)/b19-17+,21-18-,22-12?,30-26+. The fraction of sp³-hybridized carbons (Fsp3) is 0.0714. The molecule has 0 radical (unpaired) electrons. The van der Waals surface area contributed by atoms with Gasteiger partial charge in [0.05, 0.1) is 11.3 Å². The maximum Gasteiger partial charge on any atom is 0.335 e. The summed E-state index contributed by atoms with van der Waals surface area (Å²) in [5.74, 6) is 6.43. The quantitative estimate of drug-likeness (QED) is 0.453. The van der Waals surface area contributed by atoms with Crippen molar-refractivity contribution < 1.29 is 19.5 Å². The second-order valence-electron chi connectivity index (χ2n) is 7.67. The molecule has 0 unspecified atom stereocenters. The van der Waals surface area contributed by atoms with Crippen molar-refractivity contribution in [2.45, 2.75) is 13.3 Å². The van der Waals surface area contributed by atoms with Crippen molar-refractivity contribution in [2.75, 3.05) is 0 Å². The Bertz CT molecular complexity index is 1300. The number of carboxylic acids is 1. The first kappa shape index (κ1) is 22.8. The zero-order valence-electron chi connectivity index (χ0n) is 18.6. The summed E-state index contributed by atoms with van der Waals surface area (Å²) in [6.45, 7) is 1.78. The van der Waals surface area contributed by atoms with Crippen LogP contribution >= 0.6 is 0 Å². The number of carboxylic acid groups (broad SMARTS) is 1. The molecule has 0 aliphatic carbocycles. The van der Waals surface area contributed by atoms with E-state index in [1.54, 1.807) is 25.1 Å². The Hall–Kier alpha value is -4.42. The minimum atomic E-state index is -1.01. The third-order valence-corrected chi connectivity index (χ3v) is 5.25. The summed E-state index contributed by atoms with van der Waals surface area (Å²) in [6, 6.07) is 24.5. The molecule has 0 saturated carbocycles. The first-order valence-corrected chi connectivity index (χ1v) is 10.7. The van der Waals surface area contributed by atoms with Gasteiger partial charge in [-0.1, -0.05) is 42.5 Å². The van der Waals surface area contributed by atoms with Crippen LogP contribution in [-0.2, 0) is 4.79 Å². The molecular formula is C28H24N2O4. The van der Waals surface area contributed by atoms with E-state index >= 15 is 0 Å². The molecule has 0 saturated heterocycles. The lowest BCUT2D eigenvalue weighted by Gasteiger charge is -2.12. The van der Waals surface area contributed by atoms with E-state index < -0.39 is 5.97 Å². The van der Waals surface area contributed by atoms with Crippen LogP contribution in [0.1, 0.15) is 24.5 Å². The SMILES string of the molecule is CC1=C\C(C(=O)O)=CC/C(c2ccccc2ON)=C/C(c2ccc(Oc3ccccc3)cc2)=N\1. The Morgan fingerprint density at radius 1 is 0.912 bits per heavy atom. The van der Waals surface area contributed by atoms with Gasteiger partial charge >= 0.3 is 5.97 Å². The van der Waals surface area contributed by atoms with Crippen LogP contribution in [0, 0.1) is 0 Å². The maximum absolute atomic E-state index is 11.7. The number of hydrogen-bond acceptors (Lipinski definition) is 5. The average Bonchev–Trinajstić information content (AvgIpc) is 2.94. The van der Waals surface area contributed by atoms with Crippen LogP contribution in [0.2, 0.25) is 0 Å². The van der Waals surface area contributed by atoms with E-state index in [0.29, 0.717) is 29.3 Å². The number of allylic oxidation sites excluding steroid dienone is 4. The van der Waals surface area contributed by atoms with Crippen molar-refractivity contribution in [3.8, 4) is 17.2 Å². The van der Waals surface area contributed by atoms with Gasteiger partial charge in [-0.05, 0) is 73.5 Å². The van der Waals surface area contributed by atoms with Gasteiger partial charge in [0.1, 0.15) is 11.5 Å². The lowest BCUT2D eigenvalue weighted by Crippen LogP contribution is -2.05. The van der Waals surface area contributed by atoms with Crippen molar-refractivity contribution >= 4 is 17.3 Å². The molecule has 6 heteroatoms. The molecule has 3 aromatic rings. The van der Waals surface area contributed by atoms with Crippen molar-refractivity contribution in [2.24, 2.45) is 10.9 Å². The smallest absolute Gasteiger partial charge is 0.335 e. The minimum absolute atomic E-state index is 0.172. The van der Waals surface area contributed by atoms with E-state index in [-0.39, 0.29) is 5.57 Å². The molecule has 170 valence electrons. The predicted molar refractivity (Wildman–Crippen MR) is 133 cm³/mol.